The molecule has 0 bridgehead atoms. The zero-order valence-corrected chi connectivity index (χ0v) is 19.9. The summed E-state index contributed by atoms with van der Waals surface area (Å²) in [6, 6.07) is 0. The predicted molar refractivity (Wildman–Crippen MR) is 128 cm³/mol. The van der Waals surface area contributed by atoms with Gasteiger partial charge in [0.15, 0.2) is 11.6 Å². The summed E-state index contributed by atoms with van der Waals surface area (Å²) >= 11 is 0. The third kappa shape index (κ3) is 10.0. The molecular weight excluding hydrogens is 388 g/mol. The molecule has 1 rings (SSSR count). The quantitative estimate of drug-likeness (QED) is 0.338. The van der Waals surface area contributed by atoms with E-state index in [0.717, 1.165) is 42.4 Å². The van der Waals surface area contributed by atoms with Crippen molar-refractivity contribution in [2.75, 3.05) is 0 Å². The van der Waals surface area contributed by atoms with E-state index in [1.807, 2.05) is 32.9 Å². The van der Waals surface area contributed by atoms with Gasteiger partial charge in [0.2, 0.25) is 0 Å². The Morgan fingerprint density at radius 3 is 2.16 bits per heavy atom. The predicted octanol–water partition coefficient (Wildman–Crippen LogP) is 5.49. The Balaban J connectivity index is 2.55. The number of carbonyl (C=O) groups excluding carboxylic acids is 2. The maximum Gasteiger partial charge on any atom is 0.185 e. The van der Waals surface area contributed by atoms with E-state index in [-0.39, 0.29) is 11.6 Å². The lowest BCUT2D eigenvalue weighted by Crippen LogP contribution is -2.25. The third-order valence-corrected chi connectivity index (χ3v) is 5.34. The van der Waals surface area contributed by atoms with Crippen molar-refractivity contribution in [3.63, 3.8) is 0 Å². The minimum atomic E-state index is -0.923. The molecule has 0 aromatic rings. The SMILES string of the molecule is CC(C)=CCC/C(C)=C/[C@H](O)[C@@H](O)/C(C)=C/CC/C(C)=C/CC1=CC(=O)C=C(C)C1=O. The molecule has 0 aliphatic heterocycles. The molecule has 1 aliphatic rings. The summed E-state index contributed by atoms with van der Waals surface area (Å²) in [7, 11) is 0. The highest BCUT2D eigenvalue weighted by Crippen LogP contribution is 2.19. The fourth-order valence-corrected chi connectivity index (χ4v) is 3.32. The molecule has 0 aromatic heterocycles. The number of ketones is 2. The summed E-state index contributed by atoms with van der Waals surface area (Å²) in [6.07, 6.45) is 12.5. The van der Waals surface area contributed by atoms with Gasteiger partial charge in [0.25, 0.3) is 0 Å². The number of hydrogen-bond acceptors (Lipinski definition) is 4. The van der Waals surface area contributed by atoms with Gasteiger partial charge in [-0.05, 0) is 91.4 Å². The Kier molecular flexibility index (Phi) is 11.4. The molecule has 4 heteroatoms. The highest BCUT2D eigenvalue weighted by Gasteiger charge is 2.17. The number of hydrogen-bond donors (Lipinski definition) is 2. The number of carbonyl (C=O) groups is 2. The average molecular weight is 427 g/mol. The minimum absolute atomic E-state index is 0.0688. The Morgan fingerprint density at radius 2 is 1.52 bits per heavy atom. The molecule has 31 heavy (non-hydrogen) atoms. The normalized spacial score (nSPS) is 17.9. The van der Waals surface area contributed by atoms with Gasteiger partial charge in [-0.2, -0.15) is 0 Å². The summed E-state index contributed by atoms with van der Waals surface area (Å²) in [5.74, 6) is -0.203. The lowest BCUT2D eigenvalue weighted by Gasteiger charge is -2.17. The first-order valence-corrected chi connectivity index (χ1v) is 11.0. The number of rotatable bonds is 11. The van der Waals surface area contributed by atoms with Crippen LogP contribution in [0.5, 0.6) is 0 Å². The van der Waals surface area contributed by atoms with Crippen molar-refractivity contribution in [1.82, 2.24) is 0 Å². The maximum atomic E-state index is 12.1. The van der Waals surface area contributed by atoms with Crippen molar-refractivity contribution in [3.05, 3.63) is 69.9 Å². The van der Waals surface area contributed by atoms with Gasteiger partial charge < -0.3 is 10.2 Å². The molecule has 2 N–H and O–H groups in total. The molecule has 170 valence electrons. The summed E-state index contributed by atoms with van der Waals surface area (Å²) < 4.78 is 0. The van der Waals surface area contributed by atoms with Crippen LogP contribution in [0.15, 0.2) is 69.9 Å². The van der Waals surface area contributed by atoms with Gasteiger partial charge in [-0.25, -0.2) is 0 Å². The molecule has 0 aromatic carbocycles. The summed E-state index contributed by atoms with van der Waals surface area (Å²) in [6.45, 7) is 11.6. The van der Waals surface area contributed by atoms with Gasteiger partial charge >= 0.3 is 0 Å². The van der Waals surface area contributed by atoms with Gasteiger partial charge in [0.05, 0.1) is 0 Å². The van der Waals surface area contributed by atoms with Gasteiger partial charge in [-0.3, -0.25) is 9.59 Å². The van der Waals surface area contributed by atoms with E-state index in [1.165, 1.54) is 17.7 Å². The highest BCUT2D eigenvalue weighted by atomic mass is 16.3. The second-order valence-electron chi connectivity index (χ2n) is 8.74. The molecule has 4 nitrogen and oxygen atoms in total. The van der Waals surface area contributed by atoms with Gasteiger partial charge in [0.1, 0.15) is 12.2 Å². The van der Waals surface area contributed by atoms with Crippen molar-refractivity contribution >= 4 is 11.6 Å². The second-order valence-corrected chi connectivity index (χ2v) is 8.74. The van der Waals surface area contributed by atoms with Crippen LogP contribution >= 0.6 is 0 Å². The van der Waals surface area contributed by atoms with Crippen LogP contribution in [0.4, 0.5) is 0 Å². The van der Waals surface area contributed by atoms with Crippen LogP contribution in [0.25, 0.3) is 0 Å². The first-order chi connectivity index (χ1) is 14.5. The molecule has 0 fully saturated rings. The largest absolute Gasteiger partial charge is 0.386 e. The second kappa shape index (κ2) is 13.2. The fraction of sp³-hybridized carbons (Fsp3) is 0.481. The molecule has 0 unspecified atom stereocenters. The third-order valence-electron chi connectivity index (χ3n) is 5.34. The summed E-state index contributed by atoms with van der Waals surface area (Å²) in [5, 5.41) is 20.7. The standard InChI is InChI=1S/C27H38O4/c1-18(2)9-7-11-20(4)15-25(29)27(31)21(5)12-8-10-19(3)13-14-23-17-24(28)16-22(6)26(23)30/h9,12-13,15-17,25,27,29,31H,7-8,10-11,14H2,1-6H3/b19-13+,20-15+,21-12+/t25-,27-/m0/s1. The average Bonchev–Trinajstić information content (AvgIpc) is 2.68. The van der Waals surface area contributed by atoms with Crippen LogP contribution in [0.2, 0.25) is 0 Å². The highest BCUT2D eigenvalue weighted by molar-refractivity contribution is 6.20. The van der Waals surface area contributed by atoms with Gasteiger partial charge in [0, 0.05) is 11.1 Å². The van der Waals surface area contributed by atoms with Crippen molar-refractivity contribution in [2.45, 2.75) is 85.9 Å². The molecular formula is C27H38O4. The summed E-state index contributed by atoms with van der Waals surface area (Å²) in [4.78, 5) is 23.7. The van der Waals surface area contributed by atoms with Crippen LogP contribution in [0, 0.1) is 0 Å². The Labute approximate surface area is 187 Å². The monoisotopic (exact) mass is 426 g/mol. The van der Waals surface area contributed by atoms with Crippen molar-refractivity contribution in [3.8, 4) is 0 Å². The molecule has 0 radical (unpaired) electrons. The minimum Gasteiger partial charge on any atom is -0.386 e. The first-order valence-electron chi connectivity index (χ1n) is 11.0. The van der Waals surface area contributed by atoms with Crippen LogP contribution in [0.1, 0.15) is 73.6 Å². The first kappa shape index (κ1) is 26.7. The van der Waals surface area contributed by atoms with E-state index >= 15 is 0 Å². The lowest BCUT2D eigenvalue weighted by molar-refractivity contribution is -0.115. The van der Waals surface area contributed by atoms with E-state index in [0.29, 0.717) is 17.6 Å². The van der Waals surface area contributed by atoms with Crippen molar-refractivity contribution in [2.24, 2.45) is 0 Å². The zero-order valence-electron chi connectivity index (χ0n) is 19.9. The number of aliphatic hydroxyl groups is 2. The van der Waals surface area contributed by atoms with Gasteiger partial charge in [-0.1, -0.05) is 41.0 Å². The molecule has 0 heterocycles. The van der Waals surface area contributed by atoms with E-state index in [2.05, 4.69) is 19.9 Å². The molecule has 2 atom stereocenters. The van der Waals surface area contributed by atoms with Crippen LogP contribution in [0.3, 0.4) is 0 Å². The summed E-state index contributed by atoms with van der Waals surface area (Å²) in [5.41, 5.74) is 5.21. The van der Waals surface area contributed by atoms with E-state index in [4.69, 9.17) is 0 Å². The van der Waals surface area contributed by atoms with E-state index in [1.54, 1.807) is 13.0 Å². The van der Waals surface area contributed by atoms with Crippen LogP contribution in [-0.4, -0.2) is 34.0 Å². The van der Waals surface area contributed by atoms with Gasteiger partial charge in [-0.15, -0.1) is 0 Å². The van der Waals surface area contributed by atoms with E-state index < -0.39 is 12.2 Å². The lowest BCUT2D eigenvalue weighted by atomic mass is 9.94. The van der Waals surface area contributed by atoms with Crippen molar-refractivity contribution in [1.29, 1.82) is 0 Å². The van der Waals surface area contributed by atoms with Crippen LogP contribution < -0.4 is 0 Å². The zero-order chi connectivity index (χ0) is 23.6. The Hall–Kier alpha value is -2.30. The molecule has 1 aliphatic carbocycles. The van der Waals surface area contributed by atoms with Crippen LogP contribution in [-0.2, 0) is 9.59 Å². The molecule has 0 amide bonds. The van der Waals surface area contributed by atoms with Crippen molar-refractivity contribution < 1.29 is 19.8 Å². The number of aliphatic hydroxyl groups excluding tert-OH is 2. The number of allylic oxidation sites excluding steroid dienone is 10. The maximum absolute atomic E-state index is 12.1. The number of Topliss-reactive ketones (excluding diaryl/α,β-unsaturated/α-hetero) is 1. The molecule has 0 saturated carbocycles. The molecule has 0 saturated heterocycles. The topological polar surface area (TPSA) is 74.6 Å². The smallest absolute Gasteiger partial charge is 0.185 e. The molecule has 0 spiro atoms. The van der Waals surface area contributed by atoms with E-state index in [9.17, 15) is 19.8 Å². The fourth-order valence-electron chi connectivity index (χ4n) is 3.32. The Bertz CT molecular complexity index is 842. The Morgan fingerprint density at radius 1 is 0.903 bits per heavy atom.